The lowest BCUT2D eigenvalue weighted by Crippen LogP contribution is -2.22. The zero-order chi connectivity index (χ0) is 18.6. The Morgan fingerprint density at radius 2 is 2.00 bits per heavy atom. The Morgan fingerprint density at radius 1 is 1.23 bits per heavy atom. The predicted octanol–water partition coefficient (Wildman–Crippen LogP) is 3.02. The summed E-state index contributed by atoms with van der Waals surface area (Å²) in [5.74, 6) is 1.48. The molecular formula is C19H27N3O3S. The molecule has 1 heterocycles. The monoisotopic (exact) mass is 377 g/mol. The van der Waals surface area contributed by atoms with Crippen molar-refractivity contribution in [3.05, 3.63) is 24.5 Å². The summed E-state index contributed by atoms with van der Waals surface area (Å²) in [4.78, 5) is 8.75. The van der Waals surface area contributed by atoms with Crippen molar-refractivity contribution in [2.75, 3.05) is 24.7 Å². The molecule has 1 atom stereocenters. The van der Waals surface area contributed by atoms with Gasteiger partial charge in [0.1, 0.15) is 12.1 Å². The molecule has 3 rings (SSSR count). The van der Waals surface area contributed by atoms with Crippen LogP contribution in [0.15, 0.2) is 29.4 Å². The van der Waals surface area contributed by atoms with Gasteiger partial charge in [0.05, 0.1) is 10.4 Å². The van der Waals surface area contributed by atoms with E-state index in [2.05, 4.69) is 15.3 Å². The average molecular weight is 378 g/mol. The molecule has 1 saturated carbocycles. The minimum absolute atomic E-state index is 0.140. The number of fused-ring (bicyclic) bond motifs is 1. The maximum Gasteiger partial charge on any atom is 0.175 e. The van der Waals surface area contributed by atoms with Crippen LogP contribution in [-0.2, 0) is 9.84 Å². The van der Waals surface area contributed by atoms with Gasteiger partial charge in [-0.25, -0.2) is 18.4 Å². The van der Waals surface area contributed by atoms with E-state index in [-0.39, 0.29) is 17.4 Å². The first-order valence-electron chi connectivity index (χ1n) is 9.27. The van der Waals surface area contributed by atoms with Gasteiger partial charge in [-0.1, -0.05) is 32.1 Å². The van der Waals surface area contributed by atoms with Crippen LogP contribution < -0.4 is 5.32 Å². The van der Waals surface area contributed by atoms with Crippen molar-refractivity contribution in [1.82, 2.24) is 9.97 Å². The van der Waals surface area contributed by atoms with Gasteiger partial charge in [-0.2, -0.15) is 0 Å². The minimum atomic E-state index is -3.29. The average Bonchev–Trinajstić information content (AvgIpc) is 2.64. The van der Waals surface area contributed by atoms with E-state index in [1.807, 2.05) is 0 Å². The van der Waals surface area contributed by atoms with Crippen molar-refractivity contribution in [2.45, 2.75) is 43.4 Å². The van der Waals surface area contributed by atoms with Crippen LogP contribution in [0.2, 0.25) is 0 Å². The largest absolute Gasteiger partial charge is 0.396 e. The van der Waals surface area contributed by atoms with Crippen LogP contribution in [-0.4, -0.2) is 42.9 Å². The van der Waals surface area contributed by atoms with E-state index < -0.39 is 9.84 Å². The van der Waals surface area contributed by atoms with Crippen LogP contribution >= 0.6 is 0 Å². The highest BCUT2D eigenvalue weighted by Gasteiger charge is 2.19. The molecule has 0 aliphatic heterocycles. The molecule has 2 aromatic rings. The van der Waals surface area contributed by atoms with Crippen molar-refractivity contribution >= 4 is 26.6 Å². The molecule has 142 valence electrons. The van der Waals surface area contributed by atoms with E-state index >= 15 is 0 Å². The van der Waals surface area contributed by atoms with Crippen LogP contribution in [0, 0.1) is 11.8 Å². The lowest BCUT2D eigenvalue weighted by molar-refractivity contribution is 0.192. The number of aliphatic hydroxyl groups is 1. The number of sulfone groups is 1. The Bertz CT molecular complexity index is 848. The van der Waals surface area contributed by atoms with Gasteiger partial charge in [0.2, 0.25) is 0 Å². The van der Waals surface area contributed by atoms with Crippen LogP contribution in [0.1, 0.15) is 38.5 Å². The molecule has 7 heteroatoms. The number of hydrogen-bond donors (Lipinski definition) is 2. The van der Waals surface area contributed by atoms with Crippen LogP contribution in [0.4, 0.5) is 5.82 Å². The maximum absolute atomic E-state index is 11.8. The molecule has 0 bridgehead atoms. The molecule has 1 fully saturated rings. The van der Waals surface area contributed by atoms with Gasteiger partial charge in [0, 0.05) is 24.8 Å². The van der Waals surface area contributed by atoms with Crippen LogP contribution in [0.25, 0.3) is 10.9 Å². The van der Waals surface area contributed by atoms with Gasteiger partial charge in [-0.05, 0) is 36.5 Å². The fourth-order valence-corrected chi connectivity index (χ4v) is 4.41. The number of aliphatic hydroxyl groups excluding tert-OH is 1. The predicted molar refractivity (Wildman–Crippen MR) is 103 cm³/mol. The van der Waals surface area contributed by atoms with Crippen molar-refractivity contribution in [3.8, 4) is 0 Å². The van der Waals surface area contributed by atoms with Gasteiger partial charge in [-0.15, -0.1) is 0 Å². The number of benzene rings is 1. The molecule has 0 saturated heterocycles. The third kappa shape index (κ3) is 4.71. The van der Waals surface area contributed by atoms with Crippen molar-refractivity contribution in [3.63, 3.8) is 0 Å². The van der Waals surface area contributed by atoms with Gasteiger partial charge >= 0.3 is 0 Å². The smallest absolute Gasteiger partial charge is 0.175 e. The quantitative estimate of drug-likeness (QED) is 0.770. The molecule has 0 amide bonds. The first-order chi connectivity index (χ1) is 12.5. The van der Waals surface area contributed by atoms with Crippen LogP contribution in [0.5, 0.6) is 0 Å². The third-order valence-electron chi connectivity index (χ3n) is 5.24. The Labute approximate surface area is 155 Å². The van der Waals surface area contributed by atoms with Gasteiger partial charge < -0.3 is 10.4 Å². The van der Waals surface area contributed by atoms with E-state index in [4.69, 9.17) is 0 Å². The van der Waals surface area contributed by atoms with E-state index in [1.54, 1.807) is 18.2 Å². The van der Waals surface area contributed by atoms with Crippen molar-refractivity contribution in [1.29, 1.82) is 0 Å². The Hall–Kier alpha value is -1.73. The topological polar surface area (TPSA) is 92.2 Å². The molecule has 1 aromatic heterocycles. The molecule has 2 N–H and O–H groups in total. The molecule has 0 spiro atoms. The summed E-state index contributed by atoms with van der Waals surface area (Å²) >= 11 is 0. The molecular weight excluding hydrogens is 350 g/mol. The molecule has 1 aliphatic rings. The summed E-state index contributed by atoms with van der Waals surface area (Å²) in [6.07, 6.45) is 10.1. The summed E-state index contributed by atoms with van der Waals surface area (Å²) in [5.41, 5.74) is 0.697. The number of aromatic nitrogens is 2. The molecule has 6 nitrogen and oxygen atoms in total. The summed E-state index contributed by atoms with van der Waals surface area (Å²) < 4.78 is 23.7. The van der Waals surface area contributed by atoms with Gasteiger partial charge in [0.25, 0.3) is 0 Å². The highest BCUT2D eigenvalue weighted by molar-refractivity contribution is 7.90. The minimum Gasteiger partial charge on any atom is -0.396 e. The zero-order valence-electron chi connectivity index (χ0n) is 15.2. The summed E-state index contributed by atoms with van der Waals surface area (Å²) in [6, 6.07) is 4.88. The first kappa shape index (κ1) is 19.0. The number of rotatable bonds is 7. The Morgan fingerprint density at radius 3 is 2.69 bits per heavy atom. The number of nitrogens with one attached hydrogen (secondary N) is 1. The summed E-state index contributed by atoms with van der Waals surface area (Å²) in [7, 11) is -3.29. The Balaban J connectivity index is 1.74. The second kappa shape index (κ2) is 8.31. The fraction of sp³-hybridized carbons (Fsp3) is 0.579. The second-order valence-electron chi connectivity index (χ2n) is 7.34. The lowest BCUT2D eigenvalue weighted by Gasteiger charge is -2.26. The van der Waals surface area contributed by atoms with E-state index in [0.717, 1.165) is 6.42 Å². The highest BCUT2D eigenvalue weighted by atomic mass is 32.2. The number of anilines is 1. The third-order valence-corrected chi connectivity index (χ3v) is 6.35. The molecule has 1 aliphatic carbocycles. The number of hydrogen-bond acceptors (Lipinski definition) is 6. The van der Waals surface area contributed by atoms with Crippen molar-refractivity contribution < 1.29 is 13.5 Å². The fourth-order valence-electron chi connectivity index (χ4n) is 3.76. The van der Waals surface area contributed by atoms with E-state index in [1.165, 1.54) is 44.7 Å². The SMILES string of the molecule is CS(=O)(=O)c1ccc2ncnc(NCC(CO)CC3CCCCC3)c2c1. The molecule has 1 aromatic carbocycles. The molecule has 1 unspecified atom stereocenters. The van der Waals surface area contributed by atoms with Crippen molar-refractivity contribution in [2.24, 2.45) is 11.8 Å². The highest BCUT2D eigenvalue weighted by Crippen LogP contribution is 2.29. The zero-order valence-corrected chi connectivity index (χ0v) is 16.0. The molecule has 26 heavy (non-hydrogen) atoms. The second-order valence-corrected chi connectivity index (χ2v) is 9.36. The lowest BCUT2D eigenvalue weighted by atomic mass is 9.83. The van der Waals surface area contributed by atoms with E-state index in [0.29, 0.717) is 29.2 Å². The number of nitrogens with zero attached hydrogens (tertiary/aromatic N) is 2. The summed E-state index contributed by atoms with van der Waals surface area (Å²) in [5, 5.41) is 13.7. The van der Waals surface area contributed by atoms with Gasteiger partial charge in [-0.3, -0.25) is 0 Å². The maximum atomic E-state index is 11.8. The standard InChI is InChI=1S/C19H27N3O3S/c1-26(24,25)16-7-8-18-17(10-16)19(22-13-21-18)20-11-15(12-23)9-14-5-3-2-4-6-14/h7-8,10,13-15,23H,2-6,9,11-12H2,1H3,(H,20,21,22). The first-order valence-corrected chi connectivity index (χ1v) is 11.2. The Kier molecular flexibility index (Phi) is 6.09. The summed E-state index contributed by atoms with van der Waals surface area (Å²) in [6.45, 7) is 0.753. The van der Waals surface area contributed by atoms with Gasteiger partial charge in [0.15, 0.2) is 9.84 Å². The normalized spacial score (nSPS) is 17.3. The molecule has 0 radical (unpaired) electrons. The van der Waals surface area contributed by atoms with E-state index in [9.17, 15) is 13.5 Å². The van der Waals surface area contributed by atoms with Crippen LogP contribution in [0.3, 0.4) is 0 Å².